The molecule has 31 heavy (non-hydrogen) atoms. The Morgan fingerprint density at radius 1 is 0.935 bits per heavy atom. The Morgan fingerprint density at radius 2 is 1.77 bits per heavy atom. The minimum Gasteiger partial charge on any atom is -0.497 e. The molecule has 0 atom stereocenters. The molecule has 1 aliphatic heterocycles. The van der Waals surface area contributed by atoms with E-state index in [0.29, 0.717) is 40.9 Å². The van der Waals surface area contributed by atoms with Crippen LogP contribution in [0.1, 0.15) is 21.5 Å². The minimum absolute atomic E-state index is 0.192. The van der Waals surface area contributed by atoms with Crippen molar-refractivity contribution in [1.29, 1.82) is 0 Å². The molecule has 1 heterocycles. The molecule has 1 N–H and O–H groups in total. The van der Waals surface area contributed by atoms with E-state index in [1.807, 2.05) is 36.4 Å². The molecule has 0 fully saturated rings. The summed E-state index contributed by atoms with van der Waals surface area (Å²) in [7, 11) is 3.19. The van der Waals surface area contributed by atoms with Gasteiger partial charge in [-0.1, -0.05) is 12.1 Å². The zero-order valence-electron chi connectivity index (χ0n) is 17.3. The Bertz CT molecular complexity index is 1080. The molecule has 3 aromatic rings. The average molecular weight is 421 g/mol. The second-order valence-electron chi connectivity index (χ2n) is 6.86. The maximum atomic E-state index is 12.7. The summed E-state index contributed by atoms with van der Waals surface area (Å²) in [4.78, 5) is 12.7. The van der Waals surface area contributed by atoms with Crippen molar-refractivity contribution in [2.45, 2.75) is 13.2 Å². The van der Waals surface area contributed by atoms with Crippen LogP contribution in [0.25, 0.3) is 0 Å². The first kappa shape index (κ1) is 20.4. The lowest BCUT2D eigenvalue weighted by Crippen LogP contribution is -2.23. The van der Waals surface area contributed by atoms with E-state index in [4.69, 9.17) is 23.7 Å². The molecule has 0 saturated heterocycles. The Balaban J connectivity index is 1.42. The summed E-state index contributed by atoms with van der Waals surface area (Å²) in [5.41, 5.74) is 2.21. The van der Waals surface area contributed by atoms with Gasteiger partial charge in [0.05, 0.1) is 14.2 Å². The number of methoxy groups -OCH3 is 2. The topological polar surface area (TPSA) is 75.3 Å². The van der Waals surface area contributed by atoms with Gasteiger partial charge in [0, 0.05) is 23.7 Å². The van der Waals surface area contributed by atoms with Gasteiger partial charge in [-0.25, -0.2) is 0 Å². The summed E-state index contributed by atoms with van der Waals surface area (Å²) in [6.07, 6.45) is 0. The highest BCUT2D eigenvalue weighted by atomic mass is 16.7. The predicted octanol–water partition coefficient (Wildman–Crippen LogP) is 3.94. The Hall–Kier alpha value is -3.87. The van der Waals surface area contributed by atoms with Crippen LogP contribution in [0.5, 0.6) is 28.7 Å². The van der Waals surface area contributed by atoms with Gasteiger partial charge in [-0.05, 0) is 48.0 Å². The minimum atomic E-state index is -0.192. The first-order valence-electron chi connectivity index (χ1n) is 9.77. The molecule has 7 heteroatoms. The summed E-state index contributed by atoms with van der Waals surface area (Å²) >= 11 is 0. The van der Waals surface area contributed by atoms with Gasteiger partial charge in [-0.2, -0.15) is 0 Å². The van der Waals surface area contributed by atoms with Crippen LogP contribution in [0.3, 0.4) is 0 Å². The molecule has 0 spiro atoms. The number of nitrogens with one attached hydrogen (secondary N) is 1. The fourth-order valence-corrected chi connectivity index (χ4v) is 3.22. The van der Waals surface area contributed by atoms with Crippen LogP contribution in [-0.4, -0.2) is 26.9 Å². The number of rotatable bonds is 8. The number of carbonyl (C=O) groups excluding carboxylic acids is 1. The van der Waals surface area contributed by atoms with E-state index < -0.39 is 0 Å². The van der Waals surface area contributed by atoms with Gasteiger partial charge >= 0.3 is 0 Å². The zero-order chi connectivity index (χ0) is 21.6. The van der Waals surface area contributed by atoms with Crippen molar-refractivity contribution in [3.05, 3.63) is 77.4 Å². The second-order valence-corrected chi connectivity index (χ2v) is 6.86. The molecule has 4 rings (SSSR count). The van der Waals surface area contributed by atoms with Crippen molar-refractivity contribution in [3.8, 4) is 28.7 Å². The summed E-state index contributed by atoms with van der Waals surface area (Å²) in [5.74, 6) is 3.23. The maximum Gasteiger partial charge on any atom is 0.251 e. The molecular formula is C24H23NO6. The van der Waals surface area contributed by atoms with Crippen LogP contribution in [0.15, 0.2) is 60.7 Å². The van der Waals surface area contributed by atoms with Crippen LogP contribution < -0.4 is 29.0 Å². The highest BCUT2D eigenvalue weighted by molar-refractivity contribution is 5.94. The van der Waals surface area contributed by atoms with Crippen molar-refractivity contribution in [3.63, 3.8) is 0 Å². The van der Waals surface area contributed by atoms with E-state index >= 15 is 0 Å². The predicted molar refractivity (Wildman–Crippen MR) is 114 cm³/mol. The molecule has 3 aromatic carbocycles. The zero-order valence-corrected chi connectivity index (χ0v) is 17.3. The lowest BCUT2D eigenvalue weighted by molar-refractivity contribution is 0.0950. The fraction of sp³-hybridized carbons (Fsp3) is 0.208. The molecule has 1 aliphatic rings. The van der Waals surface area contributed by atoms with E-state index in [2.05, 4.69) is 5.32 Å². The monoisotopic (exact) mass is 421 g/mol. The first-order chi connectivity index (χ1) is 15.2. The Morgan fingerprint density at radius 3 is 2.61 bits per heavy atom. The van der Waals surface area contributed by atoms with Crippen molar-refractivity contribution < 1.29 is 28.5 Å². The third kappa shape index (κ3) is 4.83. The number of carbonyl (C=O) groups is 1. The Kier molecular flexibility index (Phi) is 6.12. The van der Waals surface area contributed by atoms with Crippen LogP contribution in [0.4, 0.5) is 0 Å². The smallest absolute Gasteiger partial charge is 0.251 e. The largest absolute Gasteiger partial charge is 0.497 e. The second kappa shape index (κ2) is 9.30. The van der Waals surface area contributed by atoms with Crippen molar-refractivity contribution in [2.75, 3.05) is 21.0 Å². The standard InChI is InChI=1S/C24H23NO6/c1-27-19-4-3-5-20(12-19)29-14-18-11-17(7-9-21(18)28-2)24(26)25-13-16-6-8-22-23(10-16)31-15-30-22/h3-12H,13-15H2,1-2H3,(H,25,26). The van der Waals surface area contributed by atoms with Gasteiger partial charge in [0.15, 0.2) is 11.5 Å². The Labute approximate surface area is 180 Å². The van der Waals surface area contributed by atoms with Gasteiger partial charge < -0.3 is 29.0 Å². The summed E-state index contributed by atoms with van der Waals surface area (Å²) in [6, 6.07) is 18.2. The first-order valence-corrected chi connectivity index (χ1v) is 9.77. The molecule has 0 saturated carbocycles. The number of hydrogen-bond donors (Lipinski definition) is 1. The van der Waals surface area contributed by atoms with Crippen LogP contribution in [0, 0.1) is 0 Å². The third-order valence-corrected chi connectivity index (χ3v) is 4.87. The number of benzene rings is 3. The lowest BCUT2D eigenvalue weighted by Gasteiger charge is -2.13. The van der Waals surface area contributed by atoms with Gasteiger partial charge in [-0.15, -0.1) is 0 Å². The van der Waals surface area contributed by atoms with Gasteiger partial charge in [0.2, 0.25) is 6.79 Å². The third-order valence-electron chi connectivity index (χ3n) is 4.87. The number of amides is 1. The van der Waals surface area contributed by atoms with Gasteiger partial charge in [-0.3, -0.25) is 4.79 Å². The molecule has 7 nitrogen and oxygen atoms in total. The average Bonchev–Trinajstić information content (AvgIpc) is 3.29. The fourth-order valence-electron chi connectivity index (χ4n) is 3.22. The number of fused-ring (bicyclic) bond motifs is 1. The van der Waals surface area contributed by atoms with E-state index in [-0.39, 0.29) is 19.3 Å². The van der Waals surface area contributed by atoms with E-state index in [1.54, 1.807) is 38.5 Å². The van der Waals surface area contributed by atoms with E-state index in [1.165, 1.54) is 0 Å². The maximum absolute atomic E-state index is 12.7. The van der Waals surface area contributed by atoms with Gasteiger partial charge in [0.1, 0.15) is 23.9 Å². The molecule has 160 valence electrons. The molecule has 0 aromatic heterocycles. The SMILES string of the molecule is COc1cccc(OCc2cc(C(=O)NCc3ccc4c(c3)OCO4)ccc2OC)c1. The van der Waals surface area contributed by atoms with Crippen LogP contribution in [-0.2, 0) is 13.2 Å². The molecule has 0 unspecified atom stereocenters. The normalized spacial score (nSPS) is 11.7. The highest BCUT2D eigenvalue weighted by Crippen LogP contribution is 2.32. The number of ether oxygens (including phenoxy) is 5. The van der Waals surface area contributed by atoms with Crippen molar-refractivity contribution in [2.24, 2.45) is 0 Å². The summed E-state index contributed by atoms with van der Waals surface area (Å²) in [5, 5.41) is 2.93. The summed E-state index contributed by atoms with van der Waals surface area (Å²) < 4.78 is 27.2. The highest BCUT2D eigenvalue weighted by Gasteiger charge is 2.15. The number of hydrogen-bond acceptors (Lipinski definition) is 6. The molecule has 1 amide bonds. The van der Waals surface area contributed by atoms with Crippen LogP contribution in [0.2, 0.25) is 0 Å². The van der Waals surface area contributed by atoms with Gasteiger partial charge in [0.25, 0.3) is 5.91 Å². The van der Waals surface area contributed by atoms with Crippen LogP contribution >= 0.6 is 0 Å². The summed E-state index contributed by atoms with van der Waals surface area (Å²) in [6.45, 7) is 0.842. The van der Waals surface area contributed by atoms with Crippen molar-refractivity contribution >= 4 is 5.91 Å². The lowest BCUT2D eigenvalue weighted by atomic mass is 10.1. The van der Waals surface area contributed by atoms with E-state index in [9.17, 15) is 4.79 Å². The molecule has 0 radical (unpaired) electrons. The van der Waals surface area contributed by atoms with E-state index in [0.717, 1.165) is 11.1 Å². The molecule has 0 bridgehead atoms. The quantitative estimate of drug-likeness (QED) is 0.594. The van der Waals surface area contributed by atoms with Crippen molar-refractivity contribution in [1.82, 2.24) is 5.32 Å². The molecular weight excluding hydrogens is 398 g/mol. The molecule has 0 aliphatic carbocycles.